The quantitative estimate of drug-likeness (QED) is 0.558. The Bertz CT molecular complexity index is 895. The number of para-hydroxylation sites is 1. The van der Waals surface area contributed by atoms with E-state index in [1.165, 1.54) is 0 Å². The predicted molar refractivity (Wildman–Crippen MR) is 109 cm³/mol. The van der Waals surface area contributed by atoms with Crippen LogP contribution in [0.25, 0.3) is 16.9 Å². The number of rotatable bonds is 9. The van der Waals surface area contributed by atoms with Crippen LogP contribution >= 0.6 is 11.6 Å². The van der Waals surface area contributed by atoms with Gasteiger partial charge in [0, 0.05) is 24.2 Å². The summed E-state index contributed by atoms with van der Waals surface area (Å²) < 4.78 is 12.0. The lowest BCUT2D eigenvalue weighted by atomic mass is 10.1. The summed E-state index contributed by atoms with van der Waals surface area (Å²) >= 11 is 5.98. The van der Waals surface area contributed by atoms with E-state index in [1.54, 1.807) is 30.0 Å². The monoisotopic (exact) mass is 399 g/mol. The fraction of sp³-hybridized carbons (Fsp3) is 0.238. The number of methoxy groups -OCH3 is 1. The number of halogens is 1. The van der Waals surface area contributed by atoms with E-state index in [0.717, 1.165) is 11.3 Å². The smallest absolute Gasteiger partial charge is 0.270 e. The minimum Gasteiger partial charge on any atom is -0.382 e. The minimum atomic E-state index is -0.216. The topological polar surface area (TPSA) is 65.4 Å². The Balaban J connectivity index is 1.80. The lowest BCUT2D eigenvalue weighted by Gasteiger charge is -2.08. The predicted octanol–water partition coefficient (Wildman–Crippen LogP) is 3.59. The Labute approximate surface area is 169 Å². The molecular formula is C21H22ClN3O3. The average molecular weight is 400 g/mol. The van der Waals surface area contributed by atoms with E-state index in [-0.39, 0.29) is 5.91 Å². The normalized spacial score (nSPS) is 10.8. The van der Waals surface area contributed by atoms with Gasteiger partial charge in [0.05, 0.1) is 31.2 Å². The fourth-order valence-corrected chi connectivity index (χ4v) is 2.77. The van der Waals surface area contributed by atoms with E-state index in [1.807, 2.05) is 42.5 Å². The highest BCUT2D eigenvalue weighted by Crippen LogP contribution is 2.23. The molecule has 0 aliphatic carbocycles. The summed E-state index contributed by atoms with van der Waals surface area (Å²) in [5.74, 6) is -0.216. The maximum atomic E-state index is 12.8. The molecule has 28 heavy (non-hydrogen) atoms. The molecule has 1 heterocycles. The maximum absolute atomic E-state index is 12.8. The molecule has 0 radical (unpaired) electrons. The minimum absolute atomic E-state index is 0.216. The largest absolute Gasteiger partial charge is 0.382 e. The van der Waals surface area contributed by atoms with Gasteiger partial charge >= 0.3 is 0 Å². The van der Waals surface area contributed by atoms with Crippen molar-refractivity contribution >= 4 is 17.5 Å². The van der Waals surface area contributed by atoms with E-state index in [2.05, 4.69) is 10.4 Å². The van der Waals surface area contributed by atoms with Gasteiger partial charge in [-0.2, -0.15) is 5.10 Å². The summed E-state index contributed by atoms with van der Waals surface area (Å²) in [5.41, 5.74) is 2.84. The van der Waals surface area contributed by atoms with E-state index in [0.29, 0.717) is 42.8 Å². The number of aromatic nitrogens is 2. The van der Waals surface area contributed by atoms with Gasteiger partial charge in [-0.1, -0.05) is 41.9 Å². The molecule has 7 heteroatoms. The van der Waals surface area contributed by atoms with Crippen molar-refractivity contribution in [2.75, 3.05) is 33.5 Å². The second kappa shape index (κ2) is 10.0. The number of amides is 1. The first kappa shape index (κ1) is 20.1. The summed E-state index contributed by atoms with van der Waals surface area (Å²) in [5, 5.41) is 8.16. The fourth-order valence-electron chi connectivity index (χ4n) is 2.64. The van der Waals surface area contributed by atoms with Crippen LogP contribution in [0.5, 0.6) is 0 Å². The average Bonchev–Trinajstić information content (AvgIpc) is 3.17. The molecule has 0 fully saturated rings. The van der Waals surface area contributed by atoms with Crippen LogP contribution in [-0.4, -0.2) is 49.2 Å². The summed E-state index contributed by atoms with van der Waals surface area (Å²) in [6, 6.07) is 18.7. The lowest BCUT2D eigenvalue weighted by Crippen LogP contribution is -2.29. The molecule has 0 bridgehead atoms. The number of ether oxygens (including phenoxy) is 2. The first-order chi connectivity index (χ1) is 13.7. The molecule has 1 N–H and O–H groups in total. The molecule has 1 aromatic heterocycles. The number of carbonyl (C=O) groups is 1. The maximum Gasteiger partial charge on any atom is 0.270 e. The highest BCUT2D eigenvalue weighted by molar-refractivity contribution is 6.30. The van der Waals surface area contributed by atoms with Gasteiger partial charge in [-0.3, -0.25) is 4.79 Å². The Morgan fingerprint density at radius 1 is 1.07 bits per heavy atom. The SMILES string of the molecule is COCCOCCNC(=O)c1cc(-c2ccc(Cl)cc2)nn1-c1ccccc1. The Hall–Kier alpha value is -2.67. The van der Waals surface area contributed by atoms with Crippen molar-refractivity contribution in [3.05, 3.63) is 71.4 Å². The van der Waals surface area contributed by atoms with Crippen molar-refractivity contribution in [2.45, 2.75) is 0 Å². The molecular weight excluding hydrogens is 378 g/mol. The number of nitrogens with one attached hydrogen (secondary N) is 1. The summed E-state index contributed by atoms with van der Waals surface area (Å²) in [6.07, 6.45) is 0. The summed E-state index contributed by atoms with van der Waals surface area (Å²) in [4.78, 5) is 12.8. The molecule has 0 atom stereocenters. The number of benzene rings is 2. The van der Waals surface area contributed by atoms with Gasteiger partial charge in [-0.15, -0.1) is 0 Å². The highest BCUT2D eigenvalue weighted by Gasteiger charge is 2.17. The number of hydrogen-bond acceptors (Lipinski definition) is 4. The van der Waals surface area contributed by atoms with E-state index < -0.39 is 0 Å². The lowest BCUT2D eigenvalue weighted by molar-refractivity contribution is 0.0691. The third kappa shape index (κ3) is 5.19. The molecule has 146 valence electrons. The summed E-state index contributed by atoms with van der Waals surface area (Å²) in [7, 11) is 1.62. The van der Waals surface area contributed by atoms with Crippen LogP contribution in [0.3, 0.4) is 0 Å². The number of nitrogens with zero attached hydrogens (tertiary/aromatic N) is 2. The van der Waals surface area contributed by atoms with Crippen molar-refractivity contribution in [1.29, 1.82) is 0 Å². The van der Waals surface area contributed by atoms with Crippen molar-refractivity contribution in [1.82, 2.24) is 15.1 Å². The van der Waals surface area contributed by atoms with E-state index in [9.17, 15) is 4.79 Å². The van der Waals surface area contributed by atoms with Crippen molar-refractivity contribution in [3.8, 4) is 16.9 Å². The second-order valence-electron chi connectivity index (χ2n) is 6.03. The molecule has 2 aromatic carbocycles. The molecule has 3 rings (SSSR count). The molecule has 0 aliphatic heterocycles. The highest BCUT2D eigenvalue weighted by atomic mass is 35.5. The van der Waals surface area contributed by atoms with E-state index >= 15 is 0 Å². The molecule has 0 saturated carbocycles. The van der Waals surface area contributed by atoms with Crippen LogP contribution in [0.4, 0.5) is 0 Å². The van der Waals surface area contributed by atoms with Crippen molar-refractivity contribution in [3.63, 3.8) is 0 Å². The molecule has 0 spiro atoms. The van der Waals surface area contributed by atoms with Gasteiger partial charge in [0.2, 0.25) is 0 Å². The first-order valence-corrected chi connectivity index (χ1v) is 9.33. The molecule has 0 aliphatic rings. The van der Waals surface area contributed by atoms with Gasteiger partial charge in [0.1, 0.15) is 5.69 Å². The molecule has 6 nitrogen and oxygen atoms in total. The van der Waals surface area contributed by atoms with Crippen molar-refractivity contribution < 1.29 is 14.3 Å². The second-order valence-corrected chi connectivity index (χ2v) is 6.47. The van der Waals surface area contributed by atoms with Crippen molar-refractivity contribution in [2.24, 2.45) is 0 Å². The van der Waals surface area contributed by atoms with Crippen LogP contribution < -0.4 is 5.32 Å². The van der Waals surface area contributed by atoms with Crippen LogP contribution in [-0.2, 0) is 9.47 Å². The molecule has 1 amide bonds. The first-order valence-electron chi connectivity index (χ1n) is 8.95. The van der Waals surface area contributed by atoms with Crippen LogP contribution in [0, 0.1) is 0 Å². The zero-order chi connectivity index (χ0) is 19.8. The Morgan fingerprint density at radius 2 is 1.82 bits per heavy atom. The van der Waals surface area contributed by atoms with Gasteiger partial charge < -0.3 is 14.8 Å². The van der Waals surface area contributed by atoms with Crippen LogP contribution in [0.2, 0.25) is 5.02 Å². The third-order valence-corrected chi connectivity index (χ3v) is 4.30. The van der Waals surface area contributed by atoms with Gasteiger partial charge in [0.25, 0.3) is 5.91 Å². The van der Waals surface area contributed by atoms with Gasteiger partial charge in [-0.25, -0.2) is 4.68 Å². The molecule has 0 saturated heterocycles. The van der Waals surface area contributed by atoms with Gasteiger partial charge in [0.15, 0.2) is 0 Å². The molecule has 3 aromatic rings. The number of carbonyl (C=O) groups excluding carboxylic acids is 1. The standard InChI is InChI=1S/C21H22ClN3O3/c1-27-13-14-28-12-11-23-21(26)20-15-19(16-7-9-17(22)10-8-16)24-25(20)18-5-3-2-4-6-18/h2-10,15H,11-14H2,1H3,(H,23,26). The van der Waals surface area contributed by atoms with Crippen LogP contribution in [0.15, 0.2) is 60.7 Å². The molecule has 0 unspecified atom stereocenters. The summed E-state index contributed by atoms with van der Waals surface area (Å²) in [6.45, 7) is 1.84. The third-order valence-electron chi connectivity index (χ3n) is 4.05. The zero-order valence-corrected chi connectivity index (χ0v) is 16.4. The Kier molecular flexibility index (Phi) is 7.19. The Morgan fingerprint density at radius 3 is 2.54 bits per heavy atom. The zero-order valence-electron chi connectivity index (χ0n) is 15.6. The number of hydrogen-bond donors (Lipinski definition) is 1. The van der Waals surface area contributed by atoms with Crippen LogP contribution in [0.1, 0.15) is 10.5 Å². The van der Waals surface area contributed by atoms with E-state index in [4.69, 9.17) is 21.1 Å². The van der Waals surface area contributed by atoms with Gasteiger partial charge in [-0.05, 0) is 30.3 Å².